The Morgan fingerprint density at radius 2 is 1.81 bits per heavy atom. The van der Waals surface area contributed by atoms with Crippen LogP contribution >= 0.6 is 11.8 Å². The second-order valence-corrected chi connectivity index (χ2v) is 8.32. The Labute approximate surface area is 160 Å². The van der Waals surface area contributed by atoms with Gasteiger partial charge in [-0.2, -0.15) is 0 Å². The highest BCUT2D eigenvalue weighted by atomic mass is 32.2. The van der Waals surface area contributed by atoms with Gasteiger partial charge in [0, 0.05) is 24.8 Å². The first kappa shape index (κ1) is 19.3. The average molecular weight is 379 g/mol. The maximum Gasteiger partial charge on any atom is 0.241 e. The molecule has 3 rings (SSSR count). The van der Waals surface area contributed by atoms with Crippen molar-refractivity contribution in [2.24, 2.45) is 0 Å². The highest BCUT2D eigenvalue weighted by Gasteiger charge is 2.23. The Bertz CT molecular complexity index is 646. The van der Waals surface area contributed by atoms with Gasteiger partial charge in [0.1, 0.15) is 0 Å². The number of likely N-dealkylation sites (tertiary alicyclic amines) is 1. The molecule has 7 heteroatoms. The third-order valence-electron chi connectivity index (χ3n) is 5.52. The summed E-state index contributed by atoms with van der Waals surface area (Å²) in [5.74, 6) is 0.225. The van der Waals surface area contributed by atoms with Gasteiger partial charge in [0.2, 0.25) is 11.8 Å². The van der Waals surface area contributed by atoms with Crippen molar-refractivity contribution in [1.29, 1.82) is 0 Å². The average Bonchev–Trinajstić information content (AvgIpc) is 3.28. The molecule has 1 aromatic rings. The molecule has 0 atom stereocenters. The molecule has 1 saturated heterocycles. The molecule has 26 heavy (non-hydrogen) atoms. The minimum absolute atomic E-state index is 0.0243. The Kier molecular flexibility index (Phi) is 6.62. The van der Waals surface area contributed by atoms with Gasteiger partial charge in [0.15, 0.2) is 5.16 Å². The van der Waals surface area contributed by atoms with Crippen molar-refractivity contribution >= 4 is 23.6 Å². The quantitative estimate of drug-likeness (QED) is 0.773. The van der Waals surface area contributed by atoms with Gasteiger partial charge >= 0.3 is 0 Å². The van der Waals surface area contributed by atoms with Crippen molar-refractivity contribution in [3.8, 4) is 0 Å². The van der Waals surface area contributed by atoms with Gasteiger partial charge in [-0.25, -0.2) is 4.98 Å². The topological polar surface area (TPSA) is 67.2 Å². The van der Waals surface area contributed by atoms with Crippen LogP contribution in [0.5, 0.6) is 0 Å². The fourth-order valence-corrected chi connectivity index (χ4v) is 4.89. The smallest absolute Gasteiger partial charge is 0.241 e. The Morgan fingerprint density at radius 3 is 2.50 bits per heavy atom. The van der Waals surface area contributed by atoms with Crippen molar-refractivity contribution in [3.05, 3.63) is 11.4 Å². The van der Waals surface area contributed by atoms with Gasteiger partial charge in [-0.05, 0) is 39.5 Å². The first-order valence-corrected chi connectivity index (χ1v) is 10.8. The number of aryl methyl sites for hydroxylation is 1. The molecule has 0 spiro atoms. The van der Waals surface area contributed by atoms with E-state index in [1.54, 1.807) is 0 Å². The monoisotopic (exact) mass is 378 g/mol. The summed E-state index contributed by atoms with van der Waals surface area (Å²) in [6.45, 7) is 5.90. The summed E-state index contributed by atoms with van der Waals surface area (Å²) in [7, 11) is 0. The van der Waals surface area contributed by atoms with E-state index in [4.69, 9.17) is 0 Å². The molecule has 0 aromatic carbocycles. The Hall–Kier alpha value is -1.50. The van der Waals surface area contributed by atoms with Gasteiger partial charge in [-0.15, -0.1) is 0 Å². The van der Waals surface area contributed by atoms with Crippen LogP contribution in [0.1, 0.15) is 62.4 Å². The lowest BCUT2D eigenvalue weighted by Gasteiger charge is -2.26. The van der Waals surface area contributed by atoms with Crippen molar-refractivity contribution in [1.82, 2.24) is 19.8 Å². The summed E-state index contributed by atoms with van der Waals surface area (Å²) in [6.07, 6.45) is 8.38. The van der Waals surface area contributed by atoms with Gasteiger partial charge < -0.3 is 14.8 Å². The predicted molar refractivity (Wildman–Crippen MR) is 103 cm³/mol. The molecule has 144 valence electrons. The van der Waals surface area contributed by atoms with Gasteiger partial charge in [0.25, 0.3) is 0 Å². The summed E-state index contributed by atoms with van der Waals surface area (Å²) in [4.78, 5) is 30.7. The second-order valence-electron chi connectivity index (χ2n) is 7.38. The van der Waals surface area contributed by atoms with Crippen molar-refractivity contribution in [2.45, 2.75) is 70.0 Å². The molecule has 0 bridgehead atoms. The standard InChI is InChI=1S/C19H30N4O2S/c1-14-15(2)23(16-8-4-3-5-9-16)19(21-14)26-13-17(24)20-12-18(25)22-10-6-7-11-22/h16H,3-13H2,1-2H3,(H,20,24). The number of hydrogen-bond donors (Lipinski definition) is 1. The molecule has 1 aromatic heterocycles. The third-order valence-corrected chi connectivity index (χ3v) is 6.47. The maximum atomic E-state index is 12.2. The molecule has 1 aliphatic heterocycles. The zero-order chi connectivity index (χ0) is 18.5. The third kappa shape index (κ3) is 4.61. The Morgan fingerprint density at radius 1 is 1.12 bits per heavy atom. The zero-order valence-electron chi connectivity index (χ0n) is 15.9. The van der Waals surface area contributed by atoms with E-state index in [2.05, 4.69) is 21.8 Å². The molecule has 1 N–H and O–H groups in total. The number of rotatable bonds is 6. The molecule has 2 amide bonds. The fourth-order valence-electron chi connectivity index (χ4n) is 3.90. The van der Waals surface area contributed by atoms with E-state index < -0.39 is 0 Å². The lowest BCUT2D eigenvalue weighted by Crippen LogP contribution is -2.39. The maximum absolute atomic E-state index is 12.2. The summed E-state index contributed by atoms with van der Waals surface area (Å²) in [6, 6.07) is 0.507. The number of hydrogen-bond acceptors (Lipinski definition) is 4. The van der Waals surface area contributed by atoms with E-state index in [-0.39, 0.29) is 18.4 Å². The van der Waals surface area contributed by atoms with Crippen LogP contribution < -0.4 is 5.32 Å². The first-order valence-electron chi connectivity index (χ1n) is 9.79. The van der Waals surface area contributed by atoms with Gasteiger partial charge in [0.05, 0.1) is 18.0 Å². The molecule has 2 aliphatic rings. The summed E-state index contributed by atoms with van der Waals surface area (Å²) < 4.78 is 2.34. The summed E-state index contributed by atoms with van der Waals surface area (Å²) in [5.41, 5.74) is 2.26. The van der Waals surface area contributed by atoms with Crippen molar-refractivity contribution in [2.75, 3.05) is 25.4 Å². The van der Waals surface area contributed by atoms with E-state index in [0.29, 0.717) is 11.8 Å². The Balaban J connectivity index is 1.53. The number of thioether (sulfide) groups is 1. The molecule has 6 nitrogen and oxygen atoms in total. The van der Waals surface area contributed by atoms with Crippen molar-refractivity contribution < 1.29 is 9.59 Å². The van der Waals surface area contributed by atoms with Crippen LogP contribution in [0.25, 0.3) is 0 Å². The largest absolute Gasteiger partial charge is 0.346 e. The lowest BCUT2D eigenvalue weighted by atomic mass is 9.95. The number of nitrogens with zero attached hydrogens (tertiary/aromatic N) is 3. The number of amides is 2. The number of carbonyl (C=O) groups is 2. The molecule has 1 saturated carbocycles. The lowest BCUT2D eigenvalue weighted by molar-refractivity contribution is -0.131. The number of carbonyl (C=O) groups excluding carboxylic acids is 2. The van der Waals surface area contributed by atoms with E-state index in [1.807, 2.05) is 11.8 Å². The SMILES string of the molecule is Cc1nc(SCC(=O)NCC(=O)N2CCCC2)n(C2CCCCC2)c1C. The van der Waals surface area contributed by atoms with E-state index in [9.17, 15) is 9.59 Å². The first-order chi connectivity index (χ1) is 12.6. The minimum atomic E-state index is -0.101. The van der Waals surface area contributed by atoms with Crippen LogP contribution in [0.2, 0.25) is 0 Å². The number of imidazole rings is 1. The highest BCUT2D eigenvalue weighted by Crippen LogP contribution is 2.34. The molecule has 2 heterocycles. The van der Waals surface area contributed by atoms with E-state index >= 15 is 0 Å². The molecule has 0 unspecified atom stereocenters. The van der Waals surface area contributed by atoms with E-state index in [0.717, 1.165) is 36.8 Å². The molecular formula is C19H30N4O2S. The van der Waals surface area contributed by atoms with Crippen LogP contribution in [0.15, 0.2) is 5.16 Å². The minimum Gasteiger partial charge on any atom is -0.346 e. The summed E-state index contributed by atoms with van der Waals surface area (Å²) in [5, 5.41) is 3.70. The van der Waals surface area contributed by atoms with Crippen LogP contribution in [0.4, 0.5) is 0 Å². The second kappa shape index (κ2) is 8.93. The van der Waals surface area contributed by atoms with Crippen LogP contribution in [-0.2, 0) is 9.59 Å². The van der Waals surface area contributed by atoms with Crippen LogP contribution in [0.3, 0.4) is 0 Å². The predicted octanol–water partition coefficient (Wildman–Crippen LogP) is 2.84. The highest BCUT2D eigenvalue weighted by molar-refractivity contribution is 7.99. The molecular weight excluding hydrogens is 348 g/mol. The molecule has 1 aliphatic carbocycles. The van der Waals surface area contributed by atoms with E-state index in [1.165, 1.54) is 49.6 Å². The van der Waals surface area contributed by atoms with Crippen molar-refractivity contribution in [3.63, 3.8) is 0 Å². The zero-order valence-corrected chi connectivity index (χ0v) is 16.7. The van der Waals surface area contributed by atoms with Gasteiger partial charge in [-0.3, -0.25) is 9.59 Å². The fraction of sp³-hybridized carbons (Fsp3) is 0.737. The molecule has 2 fully saturated rings. The number of nitrogens with one attached hydrogen (secondary N) is 1. The number of aromatic nitrogens is 2. The molecule has 0 radical (unpaired) electrons. The van der Waals surface area contributed by atoms with Crippen LogP contribution in [-0.4, -0.2) is 51.7 Å². The summed E-state index contributed by atoms with van der Waals surface area (Å²) >= 11 is 1.48. The normalized spacial score (nSPS) is 18.3. The van der Waals surface area contributed by atoms with Crippen LogP contribution in [0, 0.1) is 13.8 Å². The van der Waals surface area contributed by atoms with Gasteiger partial charge in [-0.1, -0.05) is 31.0 Å².